The van der Waals surface area contributed by atoms with Gasteiger partial charge in [0.1, 0.15) is 11.8 Å². The van der Waals surface area contributed by atoms with Crippen LogP contribution >= 0.6 is 0 Å². The number of benzene rings is 1. The zero-order valence-corrected chi connectivity index (χ0v) is 12.3. The molecule has 1 N–H and O–H groups in total. The largest absolute Gasteiger partial charge is 0.463 e. The van der Waals surface area contributed by atoms with E-state index in [1.54, 1.807) is 12.1 Å². The molecule has 1 fully saturated rings. The fourth-order valence-corrected chi connectivity index (χ4v) is 2.69. The molecule has 0 atom stereocenters. The fraction of sp³-hybridized carbons (Fsp3) is 0.533. The quantitative estimate of drug-likeness (QED) is 0.523. The van der Waals surface area contributed by atoms with E-state index >= 15 is 0 Å². The van der Waals surface area contributed by atoms with Crippen LogP contribution in [-0.4, -0.2) is 23.0 Å². The summed E-state index contributed by atoms with van der Waals surface area (Å²) in [5.41, 5.74) is 1.53. The van der Waals surface area contributed by atoms with Crippen molar-refractivity contribution in [2.75, 3.05) is 5.32 Å². The summed E-state index contributed by atoms with van der Waals surface area (Å²) in [5, 5.41) is 14.3. The molecule has 1 aromatic rings. The monoisotopic (exact) mass is 292 g/mol. The smallest absolute Gasteiger partial charge is 0.302 e. The lowest BCUT2D eigenvalue weighted by Gasteiger charge is -2.29. The Morgan fingerprint density at radius 2 is 2.00 bits per heavy atom. The molecule has 1 aliphatic rings. The molecule has 0 bridgehead atoms. The Morgan fingerprint density at radius 3 is 2.57 bits per heavy atom. The Kier molecular flexibility index (Phi) is 4.77. The number of nitrogens with zero attached hydrogens (tertiary/aromatic N) is 1. The maximum Gasteiger partial charge on any atom is 0.302 e. The first-order valence-corrected chi connectivity index (χ1v) is 7.14. The molecule has 0 unspecified atom stereocenters. The van der Waals surface area contributed by atoms with Gasteiger partial charge in [-0.3, -0.25) is 14.9 Å². The molecule has 0 radical (unpaired) electrons. The molecule has 2 rings (SSSR count). The SMILES string of the molecule is CC(=O)OC1CCC(Nc2ccc(C)cc2[N+](=O)[O-])CC1. The second-order valence-corrected chi connectivity index (χ2v) is 5.51. The van der Waals surface area contributed by atoms with Gasteiger partial charge in [0.05, 0.1) is 4.92 Å². The second kappa shape index (κ2) is 6.56. The first kappa shape index (κ1) is 15.3. The van der Waals surface area contributed by atoms with E-state index in [9.17, 15) is 14.9 Å². The van der Waals surface area contributed by atoms with Crippen molar-refractivity contribution in [2.24, 2.45) is 0 Å². The Morgan fingerprint density at radius 1 is 1.33 bits per heavy atom. The summed E-state index contributed by atoms with van der Waals surface area (Å²) in [5.74, 6) is -0.249. The van der Waals surface area contributed by atoms with E-state index in [0.29, 0.717) is 5.69 Å². The van der Waals surface area contributed by atoms with Crippen LogP contribution < -0.4 is 5.32 Å². The first-order chi connectivity index (χ1) is 9.95. The van der Waals surface area contributed by atoms with Crippen LogP contribution in [-0.2, 0) is 9.53 Å². The number of carbonyl (C=O) groups is 1. The third-order valence-electron chi connectivity index (χ3n) is 3.72. The lowest BCUT2D eigenvalue weighted by Crippen LogP contribution is -2.30. The number of nitrogens with one attached hydrogen (secondary N) is 1. The van der Waals surface area contributed by atoms with E-state index in [1.807, 2.05) is 13.0 Å². The van der Waals surface area contributed by atoms with Crippen LogP contribution in [0.3, 0.4) is 0 Å². The van der Waals surface area contributed by atoms with Gasteiger partial charge in [-0.2, -0.15) is 0 Å². The third kappa shape index (κ3) is 4.18. The molecule has 0 spiro atoms. The molecule has 0 aromatic heterocycles. The van der Waals surface area contributed by atoms with Gasteiger partial charge in [0, 0.05) is 19.0 Å². The second-order valence-electron chi connectivity index (χ2n) is 5.51. The Labute approximate surface area is 123 Å². The molecule has 6 heteroatoms. The third-order valence-corrected chi connectivity index (χ3v) is 3.72. The van der Waals surface area contributed by atoms with E-state index in [0.717, 1.165) is 31.2 Å². The molecule has 0 saturated heterocycles. The standard InChI is InChI=1S/C15H20N2O4/c1-10-3-8-14(15(9-10)17(19)20)16-12-4-6-13(7-5-12)21-11(2)18/h3,8-9,12-13,16H,4-7H2,1-2H3. The number of nitro benzene ring substituents is 1. The van der Waals surface area contributed by atoms with E-state index < -0.39 is 0 Å². The van der Waals surface area contributed by atoms with Gasteiger partial charge in [-0.25, -0.2) is 0 Å². The summed E-state index contributed by atoms with van der Waals surface area (Å²) in [7, 11) is 0. The van der Waals surface area contributed by atoms with Crippen molar-refractivity contribution in [2.45, 2.75) is 51.7 Å². The summed E-state index contributed by atoms with van der Waals surface area (Å²) in [6, 6.07) is 5.37. The Bertz CT molecular complexity index is 536. The number of anilines is 1. The number of carbonyl (C=O) groups excluding carboxylic acids is 1. The highest BCUT2D eigenvalue weighted by Gasteiger charge is 2.24. The number of rotatable bonds is 4. The predicted octanol–water partition coefficient (Wildman–Crippen LogP) is 3.19. The normalized spacial score (nSPS) is 21.6. The summed E-state index contributed by atoms with van der Waals surface area (Å²) in [4.78, 5) is 21.7. The molecule has 114 valence electrons. The van der Waals surface area contributed by atoms with Gasteiger partial charge < -0.3 is 10.1 Å². The highest BCUT2D eigenvalue weighted by atomic mass is 16.6. The van der Waals surface area contributed by atoms with Gasteiger partial charge in [-0.1, -0.05) is 6.07 Å². The van der Waals surface area contributed by atoms with Crippen molar-refractivity contribution in [1.82, 2.24) is 0 Å². The number of ether oxygens (including phenoxy) is 1. The van der Waals surface area contributed by atoms with Gasteiger partial charge in [0.25, 0.3) is 5.69 Å². The number of aryl methyl sites for hydroxylation is 1. The van der Waals surface area contributed by atoms with E-state index in [4.69, 9.17) is 4.74 Å². The van der Waals surface area contributed by atoms with Gasteiger partial charge in [0.2, 0.25) is 0 Å². The molecule has 0 heterocycles. The van der Waals surface area contributed by atoms with Gasteiger partial charge in [-0.05, 0) is 44.2 Å². The van der Waals surface area contributed by atoms with Crippen LogP contribution in [0.2, 0.25) is 0 Å². The van der Waals surface area contributed by atoms with Crippen LogP contribution in [0.5, 0.6) is 0 Å². The number of hydrogen-bond donors (Lipinski definition) is 1. The number of nitro groups is 1. The average Bonchev–Trinajstić information content (AvgIpc) is 2.42. The van der Waals surface area contributed by atoms with E-state index in [2.05, 4.69) is 5.32 Å². The lowest BCUT2D eigenvalue weighted by atomic mass is 9.92. The average molecular weight is 292 g/mol. The van der Waals surface area contributed by atoms with Gasteiger partial charge in [-0.15, -0.1) is 0 Å². The highest BCUT2D eigenvalue weighted by Crippen LogP contribution is 2.30. The number of esters is 1. The molecule has 1 aliphatic carbocycles. The molecule has 6 nitrogen and oxygen atoms in total. The topological polar surface area (TPSA) is 81.5 Å². The van der Waals surface area contributed by atoms with Crippen molar-refractivity contribution in [3.63, 3.8) is 0 Å². The van der Waals surface area contributed by atoms with E-state index in [-0.39, 0.29) is 28.7 Å². The molecule has 21 heavy (non-hydrogen) atoms. The zero-order valence-electron chi connectivity index (χ0n) is 12.3. The molecule has 0 aliphatic heterocycles. The van der Waals surface area contributed by atoms with Gasteiger partial charge in [0.15, 0.2) is 0 Å². The van der Waals surface area contributed by atoms with Crippen LogP contribution in [0, 0.1) is 17.0 Å². The minimum atomic E-state index is -0.361. The highest BCUT2D eigenvalue weighted by molar-refractivity contribution is 5.66. The molecule has 1 aromatic carbocycles. The van der Waals surface area contributed by atoms with Crippen LogP contribution in [0.15, 0.2) is 18.2 Å². The van der Waals surface area contributed by atoms with Crippen LogP contribution in [0.25, 0.3) is 0 Å². The van der Waals surface area contributed by atoms with Crippen LogP contribution in [0.4, 0.5) is 11.4 Å². The molecular weight excluding hydrogens is 272 g/mol. The van der Waals surface area contributed by atoms with Crippen molar-refractivity contribution in [1.29, 1.82) is 0 Å². The lowest BCUT2D eigenvalue weighted by molar-refractivity contribution is -0.384. The fourth-order valence-electron chi connectivity index (χ4n) is 2.69. The van der Waals surface area contributed by atoms with Crippen molar-refractivity contribution in [3.8, 4) is 0 Å². The molecule has 0 amide bonds. The van der Waals surface area contributed by atoms with Crippen molar-refractivity contribution >= 4 is 17.3 Å². The van der Waals surface area contributed by atoms with Crippen molar-refractivity contribution in [3.05, 3.63) is 33.9 Å². The summed E-state index contributed by atoms with van der Waals surface area (Å²) >= 11 is 0. The summed E-state index contributed by atoms with van der Waals surface area (Å²) < 4.78 is 5.19. The number of hydrogen-bond acceptors (Lipinski definition) is 5. The first-order valence-electron chi connectivity index (χ1n) is 7.14. The minimum Gasteiger partial charge on any atom is -0.463 e. The molecular formula is C15H20N2O4. The zero-order chi connectivity index (χ0) is 15.4. The molecule has 1 saturated carbocycles. The Balaban J connectivity index is 1.97. The summed E-state index contributed by atoms with van der Waals surface area (Å²) in [6.07, 6.45) is 3.23. The van der Waals surface area contributed by atoms with Crippen molar-refractivity contribution < 1.29 is 14.5 Å². The maximum absolute atomic E-state index is 11.1. The van der Waals surface area contributed by atoms with E-state index in [1.165, 1.54) is 6.92 Å². The Hall–Kier alpha value is -2.11. The predicted molar refractivity (Wildman–Crippen MR) is 79.3 cm³/mol. The minimum absolute atomic E-state index is 0.0199. The summed E-state index contributed by atoms with van der Waals surface area (Å²) in [6.45, 7) is 3.25. The van der Waals surface area contributed by atoms with Crippen LogP contribution in [0.1, 0.15) is 38.2 Å². The maximum atomic E-state index is 11.1. The van der Waals surface area contributed by atoms with Gasteiger partial charge >= 0.3 is 5.97 Å².